The predicted molar refractivity (Wildman–Crippen MR) is 104 cm³/mol. The lowest BCUT2D eigenvalue weighted by molar-refractivity contribution is 0.0972. The lowest BCUT2D eigenvalue weighted by Gasteiger charge is -2.33. The highest BCUT2D eigenvalue weighted by molar-refractivity contribution is 14.0. The van der Waals surface area contributed by atoms with Crippen molar-refractivity contribution in [2.75, 3.05) is 20.1 Å². The molecule has 2 fully saturated rings. The number of carbonyl (C=O) groups excluding carboxylic acids is 1. The summed E-state index contributed by atoms with van der Waals surface area (Å²) in [7, 11) is 1.76. The number of nitrogens with zero attached hydrogens (tertiary/aromatic N) is 2. The van der Waals surface area contributed by atoms with Crippen molar-refractivity contribution < 1.29 is 9.21 Å². The number of hydrogen-bond donors (Lipinski definition) is 3. The van der Waals surface area contributed by atoms with E-state index in [1.54, 1.807) is 19.2 Å². The topological polar surface area (TPSA) is 95.9 Å². The van der Waals surface area contributed by atoms with Crippen molar-refractivity contribution in [2.24, 2.45) is 10.7 Å². The summed E-state index contributed by atoms with van der Waals surface area (Å²) in [6.07, 6.45) is 5.03. The van der Waals surface area contributed by atoms with E-state index in [2.05, 4.69) is 20.5 Å². The van der Waals surface area contributed by atoms with Crippen LogP contribution in [0.25, 0.3) is 0 Å². The van der Waals surface area contributed by atoms with Gasteiger partial charge in [0, 0.05) is 32.2 Å². The number of aliphatic imine (C=N–C) groups is 1. The number of nitrogens with two attached hydrogens (primary N) is 1. The van der Waals surface area contributed by atoms with E-state index in [-0.39, 0.29) is 29.7 Å². The first kappa shape index (κ1) is 19.0. The van der Waals surface area contributed by atoms with Crippen LogP contribution in [-0.4, -0.2) is 49.0 Å². The Balaban J connectivity index is 0.00000208. The van der Waals surface area contributed by atoms with Gasteiger partial charge in [-0.15, -0.1) is 24.0 Å². The highest BCUT2D eigenvalue weighted by Gasteiger charge is 2.31. The molecular weight excluding hydrogens is 421 g/mol. The van der Waals surface area contributed by atoms with E-state index in [0.29, 0.717) is 18.3 Å². The lowest BCUT2D eigenvalue weighted by atomic mass is 10.1. The maximum absolute atomic E-state index is 11.0. The van der Waals surface area contributed by atoms with Crippen molar-refractivity contribution in [1.82, 2.24) is 15.5 Å². The van der Waals surface area contributed by atoms with Crippen LogP contribution in [0.5, 0.6) is 0 Å². The maximum Gasteiger partial charge on any atom is 0.284 e. The number of furan rings is 1. The number of halogens is 1. The van der Waals surface area contributed by atoms with Crippen LogP contribution in [0.1, 0.15) is 42.0 Å². The largest absolute Gasteiger partial charge is 0.454 e. The third kappa shape index (κ3) is 5.10. The summed E-state index contributed by atoms with van der Waals surface area (Å²) in [5.74, 6) is 1.04. The molecule has 1 saturated carbocycles. The Hall–Kier alpha value is -1.29. The minimum atomic E-state index is -0.554. The van der Waals surface area contributed by atoms with Gasteiger partial charge in [0.05, 0.1) is 6.54 Å². The lowest BCUT2D eigenvalue weighted by Crippen LogP contribution is -2.48. The van der Waals surface area contributed by atoms with Gasteiger partial charge in [-0.2, -0.15) is 0 Å². The van der Waals surface area contributed by atoms with Crippen LogP contribution in [0.2, 0.25) is 0 Å². The van der Waals surface area contributed by atoms with Crippen LogP contribution in [0.3, 0.4) is 0 Å². The van der Waals surface area contributed by atoms with Gasteiger partial charge in [0.1, 0.15) is 5.76 Å². The Bertz CT molecular complexity index is 577. The highest BCUT2D eigenvalue weighted by atomic mass is 127. The second kappa shape index (κ2) is 8.70. The molecule has 8 heteroatoms. The highest BCUT2D eigenvalue weighted by Crippen LogP contribution is 2.29. The van der Waals surface area contributed by atoms with E-state index in [1.165, 1.54) is 25.9 Å². The fourth-order valence-corrected chi connectivity index (χ4v) is 3.01. The molecule has 134 valence electrons. The molecule has 1 aromatic heterocycles. The van der Waals surface area contributed by atoms with Gasteiger partial charge < -0.3 is 25.7 Å². The summed E-state index contributed by atoms with van der Waals surface area (Å²) in [4.78, 5) is 17.9. The fraction of sp³-hybridized carbons (Fsp3) is 0.625. The zero-order valence-electron chi connectivity index (χ0n) is 14.0. The minimum absolute atomic E-state index is 0. The van der Waals surface area contributed by atoms with Crippen LogP contribution < -0.4 is 16.4 Å². The molecule has 0 spiro atoms. The Labute approximate surface area is 159 Å². The molecule has 1 aliphatic carbocycles. The molecule has 1 saturated heterocycles. The Morgan fingerprint density at radius 1 is 1.33 bits per heavy atom. The summed E-state index contributed by atoms with van der Waals surface area (Å²) in [6.45, 7) is 2.80. The minimum Gasteiger partial charge on any atom is -0.454 e. The molecule has 4 N–H and O–H groups in total. The molecule has 3 rings (SSSR count). The van der Waals surface area contributed by atoms with Crippen molar-refractivity contribution in [3.8, 4) is 0 Å². The van der Waals surface area contributed by atoms with Crippen molar-refractivity contribution in [1.29, 1.82) is 0 Å². The second-order valence-electron chi connectivity index (χ2n) is 6.24. The zero-order chi connectivity index (χ0) is 16.2. The first-order valence-corrected chi connectivity index (χ1v) is 8.25. The average Bonchev–Trinajstić information content (AvgIpc) is 3.29. The number of carbonyl (C=O) groups is 1. The number of primary amides is 1. The van der Waals surface area contributed by atoms with Gasteiger partial charge in [0.15, 0.2) is 11.7 Å². The molecule has 0 unspecified atom stereocenters. The molecule has 7 nitrogen and oxygen atoms in total. The Kier molecular flexibility index (Phi) is 6.90. The number of likely N-dealkylation sites (tertiary alicyclic amines) is 1. The van der Waals surface area contributed by atoms with E-state index in [0.717, 1.165) is 24.8 Å². The molecule has 1 aliphatic heterocycles. The average molecular weight is 447 g/mol. The normalized spacial score (nSPS) is 19.6. The van der Waals surface area contributed by atoms with Gasteiger partial charge in [0.2, 0.25) is 0 Å². The third-order valence-electron chi connectivity index (χ3n) is 4.49. The molecule has 1 aromatic rings. The molecule has 1 amide bonds. The number of guanidine groups is 1. The Morgan fingerprint density at radius 2 is 2.04 bits per heavy atom. The molecular formula is C16H26IN5O2. The SMILES string of the molecule is CN=C(NCc1ccc(C(N)=O)o1)NC1CCN(C2CC2)CC1.I. The van der Waals surface area contributed by atoms with Crippen molar-refractivity contribution >= 4 is 35.8 Å². The van der Waals surface area contributed by atoms with Gasteiger partial charge in [-0.25, -0.2) is 0 Å². The monoisotopic (exact) mass is 447 g/mol. The summed E-state index contributed by atoms with van der Waals surface area (Å²) in [5.41, 5.74) is 5.18. The van der Waals surface area contributed by atoms with Crippen molar-refractivity contribution in [2.45, 2.75) is 44.3 Å². The molecule has 0 aromatic carbocycles. The number of amides is 1. The molecule has 0 atom stereocenters. The quantitative estimate of drug-likeness (QED) is 0.359. The van der Waals surface area contributed by atoms with Crippen LogP contribution in [0, 0.1) is 0 Å². The first-order chi connectivity index (χ1) is 11.2. The molecule has 0 bridgehead atoms. The summed E-state index contributed by atoms with van der Waals surface area (Å²) >= 11 is 0. The number of nitrogens with one attached hydrogen (secondary N) is 2. The van der Waals surface area contributed by atoms with Crippen LogP contribution in [0.15, 0.2) is 21.5 Å². The predicted octanol–water partition coefficient (Wildman–Crippen LogP) is 1.29. The number of piperidine rings is 1. The summed E-state index contributed by atoms with van der Waals surface area (Å²) < 4.78 is 5.35. The number of hydrogen-bond acceptors (Lipinski definition) is 4. The van der Waals surface area contributed by atoms with Gasteiger partial charge >= 0.3 is 0 Å². The van der Waals surface area contributed by atoms with E-state index in [4.69, 9.17) is 10.2 Å². The fourth-order valence-electron chi connectivity index (χ4n) is 3.01. The van der Waals surface area contributed by atoms with Gasteiger partial charge in [-0.3, -0.25) is 9.79 Å². The van der Waals surface area contributed by atoms with Crippen LogP contribution in [0.4, 0.5) is 0 Å². The van der Waals surface area contributed by atoms with E-state index in [9.17, 15) is 4.79 Å². The Morgan fingerprint density at radius 3 is 2.58 bits per heavy atom. The maximum atomic E-state index is 11.0. The van der Waals surface area contributed by atoms with Crippen molar-refractivity contribution in [3.63, 3.8) is 0 Å². The van der Waals surface area contributed by atoms with Crippen LogP contribution in [-0.2, 0) is 6.54 Å². The van der Waals surface area contributed by atoms with Gasteiger partial charge in [-0.1, -0.05) is 0 Å². The van der Waals surface area contributed by atoms with Crippen LogP contribution >= 0.6 is 24.0 Å². The standard InChI is InChI=1S/C16H25N5O2.HI/c1-18-16(19-10-13-4-5-14(23-13)15(17)22)20-11-6-8-21(9-7-11)12-2-3-12;/h4-5,11-12H,2-3,6-10H2,1H3,(H2,17,22)(H2,18,19,20);1H. The third-order valence-corrected chi connectivity index (χ3v) is 4.49. The zero-order valence-corrected chi connectivity index (χ0v) is 16.3. The van der Waals surface area contributed by atoms with E-state index < -0.39 is 5.91 Å². The molecule has 24 heavy (non-hydrogen) atoms. The van der Waals surface area contributed by atoms with Gasteiger partial charge in [0.25, 0.3) is 5.91 Å². The molecule has 2 heterocycles. The van der Waals surface area contributed by atoms with E-state index in [1.807, 2.05) is 0 Å². The number of rotatable bonds is 5. The smallest absolute Gasteiger partial charge is 0.284 e. The summed E-state index contributed by atoms with van der Waals surface area (Å²) in [6, 6.07) is 4.64. The molecule has 2 aliphatic rings. The second-order valence-corrected chi connectivity index (χ2v) is 6.24. The molecule has 0 radical (unpaired) electrons. The van der Waals surface area contributed by atoms with Gasteiger partial charge in [-0.05, 0) is 37.8 Å². The first-order valence-electron chi connectivity index (χ1n) is 8.25. The summed E-state index contributed by atoms with van der Waals surface area (Å²) in [5, 5.41) is 6.68. The van der Waals surface area contributed by atoms with E-state index >= 15 is 0 Å². The van der Waals surface area contributed by atoms with Crippen molar-refractivity contribution in [3.05, 3.63) is 23.7 Å².